The number of thioether (sulfide) groups is 1. The Morgan fingerprint density at radius 2 is 2.00 bits per heavy atom. The molecule has 0 bridgehead atoms. The van der Waals surface area contributed by atoms with Crippen molar-refractivity contribution in [3.8, 4) is 0 Å². The number of rotatable bonds is 8. The highest BCUT2D eigenvalue weighted by atomic mass is 33.1. The van der Waals surface area contributed by atoms with Gasteiger partial charge in [-0.25, -0.2) is 0 Å². The summed E-state index contributed by atoms with van der Waals surface area (Å²) in [7, 11) is -0.168. The van der Waals surface area contributed by atoms with E-state index >= 15 is 0 Å². The van der Waals surface area contributed by atoms with E-state index in [1.165, 1.54) is 0 Å². The molecular formula is C6H14O3S4. The Bertz CT molecular complexity index is 202. The molecule has 0 spiro atoms. The highest BCUT2D eigenvalue weighted by Gasteiger charge is 2.02. The van der Waals surface area contributed by atoms with Crippen molar-refractivity contribution >= 4 is 43.5 Å². The summed E-state index contributed by atoms with van der Waals surface area (Å²) < 4.78 is 29.0. The highest BCUT2D eigenvalue weighted by molar-refractivity contribution is 8.78. The van der Waals surface area contributed by atoms with Crippen LogP contribution in [0.2, 0.25) is 0 Å². The quantitative estimate of drug-likeness (QED) is 0.314. The first-order chi connectivity index (χ1) is 6.06. The Morgan fingerprint density at radius 1 is 1.31 bits per heavy atom. The van der Waals surface area contributed by atoms with Crippen LogP contribution in [0.3, 0.4) is 0 Å². The van der Waals surface area contributed by atoms with Gasteiger partial charge in [0, 0.05) is 10.8 Å². The van der Waals surface area contributed by atoms with Crippen molar-refractivity contribution < 1.29 is 13.0 Å². The van der Waals surface area contributed by atoms with Crippen molar-refractivity contribution in [2.45, 2.75) is 13.3 Å². The van der Waals surface area contributed by atoms with Crippen LogP contribution < -0.4 is 0 Å². The zero-order valence-electron chi connectivity index (χ0n) is 7.43. The maximum absolute atomic E-state index is 10.3. The predicted molar refractivity (Wildman–Crippen MR) is 64.1 cm³/mol. The Hall–Kier alpha value is 0.960. The van der Waals surface area contributed by atoms with Gasteiger partial charge in [-0.15, -0.1) is 0 Å². The molecule has 3 nitrogen and oxygen atoms in total. The molecule has 0 aliphatic carbocycles. The van der Waals surface area contributed by atoms with Crippen LogP contribution in [0.5, 0.6) is 0 Å². The molecule has 0 heterocycles. The number of hydrogen-bond acceptors (Lipinski definition) is 5. The fourth-order valence-electron chi connectivity index (χ4n) is 0.554. The third kappa shape index (κ3) is 13.0. The minimum Gasteiger partial charge on any atom is -0.286 e. The largest absolute Gasteiger partial charge is 0.286 e. The third-order valence-electron chi connectivity index (χ3n) is 1.02. The van der Waals surface area contributed by atoms with Crippen LogP contribution in [0.25, 0.3) is 0 Å². The minimum absolute atomic E-state index is 0.119. The zero-order valence-corrected chi connectivity index (χ0v) is 10.7. The molecule has 7 heteroatoms. The van der Waals surface area contributed by atoms with E-state index in [4.69, 9.17) is 4.55 Å². The molecule has 0 rings (SSSR count). The first kappa shape index (κ1) is 14.0. The molecule has 0 aromatic carbocycles. The molecule has 1 N–H and O–H groups in total. The normalized spacial score (nSPS) is 11.8. The van der Waals surface area contributed by atoms with Crippen molar-refractivity contribution in [3.63, 3.8) is 0 Å². The summed E-state index contributed by atoms with van der Waals surface area (Å²) in [4.78, 5) is 0. The van der Waals surface area contributed by atoms with Gasteiger partial charge in [0.05, 0.1) is 5.75 Å². The van der Waals surface area contributed by atoms with E-state index in [-0.39, 0.29) is 5.75 Å². The van der Waals surface area contributed by atoms with E-state index in [9.17, 15) is 8.42 Å². The highest BCUT2D eigenvalue weighted by Crippen LogP contribution is 2.25. The predicted octanol–water partition coefficient (Wildman–Crippen LogP) is 2.36. The summed E-state index contributed by atoms with van der Waals surface area (Å²) >= 11 is 1.70. The monoisotopic (exact) mass is 262 g/mol. The molecule has 0 unspecified atom stereocenters. The van der Waals surface area contributed by atoms with Crippen LogP contribution in [0.4, 0.5) is 0 Å². The fraction of sp³-hybridized carbons (Fsp3) is 1.00. The van der Waals surface area contributed by atoms with Crippen LogP contribution in [-0.4, -0.2) is 35.3 Å². The average molecular weight is 262 g/mol. The van der Waals surface area contributed by atoms with Crippen molar-refractivity contribution in [3.05, 3.63) is 0 Å². The van der Waals surface area contributed by atoms with Gasteiger partial charge in [-0.2, -0.15) is 20.2 Å². The second-order valence-corrected chi connectivity index (χ2v) is 7.98. The Morgan fingerprint density at radius 3 is 2.54 bits per heavy atom. The molecule has 0 amide bonds. The van der Waals surface area contributed by atoms with Gasteiger partial charge in [0.1, 0.15) is 0 Å². The van der Waals surface area contributed by atoms with Gasteiger partial charge < -0.3 is 0 Å². The van der Waals surface area contributed by atoms with Crippen LogP contribution in [-0.2, 0) is 10.1 Å². The Balaban J connectivity index is 3.09. The zero-order chi connectivity index (χ0) is 10.2. The molecule has 0 atom stereocenters. The molecule has 0 saturated heterocycles. The third-order valence-corrected chi connectivity index (χ3v) is 5.93. The molecule has 13 heavy (non-hydrogen) atoms. The van der Waals surface area contributed by atoms with Crippen LogP contribution in [0.15, 0.2) is 0 Å². The fourth-order valence-corrected chi connectivity index (χ4v) is 4.50. The molecular weight excluding hydrogens is 248 g/mol. The molecule has 0 aliphatic heterocycles. The maximum Gasteiger partial charge on any atom is 0.264 e. The van der Waals surface area contributed by atoms with Crippen LogP contribution in [0.1, 0.15) is 13.3 Å². The molecule has 0 aliphatic rings. The summed E-state index contributed by atoms with van der Waals surface area (Å²) in [5, 5.41) is 0.976. The Kier molecular flexibility index (Phi) is 8.90. The van der Waals surface area contributed by atoms with Crippen LogP contribution >= 0.6 is 33.3 Å². The lowest BCUT2D eigenvalue weighted by atomic mass is 10.6. The van der Waals surface area contributed by atoms with Crippen molar-refractivity contribution in [2.24, 2.45) is 0 Å². The average Bonchev–Trinajstić information content (AvgIpc) is 2.01. The van der Waals surface area contributed by atoms with E-state index in [1.807, 2.05) is 0 Å². The summed E-state index contributed by atoms with van der Waals surface area (Å²) in [5.74, 6) is 1.76. The first-order valence-corrected chi connectivity index (χ1v) is 9.08. The second kappa shape index (κ2) is 8.28. The van der Waals surface area contributed by atoms with Gasteiger partial charge in [0.25, 0.3) is 10.1 Å². The lowest BCUT2D eigenvalue weighted by Crippen LogP contribution is -2.04. The van der Waals surface area contributed by atoms with Gasteiger partial charge >= 0.3 is 0 Å². The van der Waals surface area contributed by atoms with Gasteiger partial charge in [0.15, 0.2) is 0 Å². The van der Waals surface area contributed by atoms with Gasteiger partial charge in [0.2, 0.25) is 0 Å². The molecule has 80 valence electrons. The standard InChI is InChI=1S/C6H14O3S4/c1-2-11-12-6-10-4-3-5-13(7,8)9/h2-6H2,1H3,(H,7,8,9). The van der Waals surface area contributed by atoms with E-state index in [0.29, 0.717) is 6.42 Å². The molecule has 0 aromatic rings. The number of hydrogen-bond donors (Lipinski definition) is 1. The molecule has 0 saturated carbocycles. The summed E-state index contributed by atoms with van der Waals surface area (Å²) in [5.41, 5.74) is 0. The van der Waals surface area contributed by atoms with E-state index in [2.05, 4.69) is 6.92 Å². The van der Waals surface area contributed by atoms with Crippen molar-refractivity contribution in [2.75, 3.05) is 22.3 Å². The topological polar surface area (TPSA) is 54.4 Å². The lowest BCUT2D eigenvalue weighted by Gasteiger charge is -1.99. The smallest absolute Gasteiger partial charge is 0.264 e. The summed E-state index contributed by atoms with van der Waals surface area (Å²) in [6, 6.07) is 0. The SMILES string of the molecule is CCSSCSCCCS(=O)(=O)O. The van der Waals surface area contributed by atoms with E-state index in [0.717, 1.165) is 16.6 Å². The maximum atomic E-state index is 10.3. The molecule has 0 aromatic heterocycles. The molecule has 0 radical (unpaired) electrons. The Labute approximate surface area is 92.0 Å². The van der Waals surface area contributed by atoms with Crippen LogP contribution in [0, 0.1) is 0 Å². The first-order valence-electron chi connectivity index (χ1n) is 3.83. The van der Waals surface area contributed by atoms with E-state index < -0.39 is 10.1 Å². The minimum atomic E-state index is -3.75. The van der Waals surface area contributed by atoms with Gasteiger partial charge in [-0.05, 0) is 12.2 Å². The summed E-state index contributed by atoms with van der Waals surface area (Å²) in [6.45, 7) is 2.10. The second-order valence-electron chi connectivity index (χ2n) is 2.19. The van der Waals surface area contributed by atoms with Crippen molar-refractivity contribution in [1.82, 2.24) is 0 Å². The summed E-state index contributed by atoms with van der Waals surface area (Å²) in [6.07, 6.45) is 0.529. The van der Waals surface area contributed by atoms with Gasteiger partial charge in [-0.3, -0.25) is 4.55 Å². The van der Waals surface area contributed by atoms with Gasteiger partial charge in [-0.1, -0.05) is 28.5 Å². The van der Waals surface area contributed by atoms with Crippen molar-refractivity contribution in [1.29, 1.82) is 0 Å². The molecule has 0 fully saturated rings. The van der Waals surface area contributed by atoms with E-state index in [1.54, 1.807) is 33.3 Å². The lowest BCUT2D eigenvalue weighted by molar-refractivity contribution is 0.482.